The van der Waals surface area contributed by atoms with Gasteiger partial charge in [-0.3, -0.25) is 0 Å². The Kier molecular flexibility index (Phi) is 8.83. The molecule has 0 saturated carbocycles. The molecule has 104 valence electrons. The molecule has 0 aliphatic heterocycles. The van der Waals surface area contributed by atoms with E-state index in [1.165, 1.54) is 19.4 Å². The molecule has 0 amide bonds. The van der Waals surface area contributed by atoms with Crippen molar-refractivity contribution in [3.63, 3.8) is 0 Å². The molecule has 3 nitrogen and oxygen atoms in total. The highest BCUT2D eigenvalue weighted by Crippen LogP contribution is 2.05. The first-order valence-corrected chi connectivity index (χ1v) is 6.88. The lowest BCUT2D eigenvalue weighted by Crippen LogP contribution is -2.29. The number of nitrogens with one attached hydrogen (secondary N) is 1. The van der Waals surface area contributed by atoms with E-state index >= 15 is 0 Å². The van der Waals surface area contributed by atoms with Crippen LogP contribution in [0.15, 0.2) is 0 Å². The molecule has 0 fully saturated rings. The number of rotatable bonds is 9. The van der Waals surface area contributed by atoms with E-state index in [2.05, 4.69) is 51.9 Å². The van der Waals surface area contributed by atoms with E-state index in [1.807, 2.05) is 0 Å². The molecule has 0 rings (SSSR count). The van der Waals surface area contributed by atoms with Crippen LogP contribution in [0.3, 0.4) is 0 Å². The van der Waals surface area contributed by atoms with Crippen molar-refractivity contribution in [2.45, 2.75) is 59.1 Å². The number of nitrogens with zero attached hydrogens (tertiary/aromatic N) is 1. The smallest absolute Gasteiger partial charge is 0.0599 e. The van der Waals surface area contributed by atoms with Crippen LogP contribution in [0.25, 0.3) is 0 Å². The van der Waals surface area contributed by atoms with E-state index in [-0.39, 0.29) is 5.60 Å². The Hall–Kier alpha value is -0.120. The van der Waals surface area contributed by atoms with Crippen LogP contribution in [0.4, 0.5) is 0 Å². The minimum absolute atomic E-state index is 0.0122. The minimum Gasteiger partial charge on any atom is -0.375 e. The quantitative estimate of drug-likeness (QED) is 0.631. The van der Waals surface area contributed by atoms with Crippen molar-refractivity contribution in [2.75, 3.05) is 33.3 Å². The van der Waals surface area contributed by atoms with Crippen LogP contribution in [0.1, 0.15) is 47.5 Å². The van der Waals surface area contributed by atoms with Crippen molar-refractivity contribution < 1.29 is 4.74 Å². The highest BCUT2D eigenvalue weighted by molar-refractivity contribution is 4.60. The van der Waals surface area contributed by atoms with Crippen LogP contribution in [-0.4, -0.2) is 49.8 Å². The van der Waals surface area contributed by atoms with Gasteiger partial charge in [0.05, 0.1) is 12.2 Å². The predicted molar refractivity (Wildman–Crippen MR) is 75.6 cm³/mol. The molecule has 0 saturated heterocycles. The lowest BCUT2D eigenvalue weighted by molar-refractivity contribution is -0.000764. The number of unbranched alkanes of at least 4 members (excludes halogenated alkanes) is 1. The van der Waals surface area contributed by atoms with E-state index in [9.17, 15) is 0 Å². The first-order chi connectivity index (χ1) is 7.83. The Labute approximate surface area is 108 Å². The molecule has 3 heteroatoms. The molecule has 0 aromatic heterocycles. The van der Waals surface area contributed by atoms with Gasteiger partial charge in [0, 0.05) is 12.6 Å². The lowest BCUT2D eigenvalue weighted by atomic mass is 10.2. The maximum atomic E-state index is 5.63. The van der Waals surface area contributed by atoms with Gasteiger partial charge in [-0.25, -0.2) is 0 Å². The summed E-state index contributed by atoms with van der Waals surface area (Å²) in [6.07, 6.45) is 2.51. The Morgan fingerprint density at radius 1 is 1.12 bits per heavy atom. The molecule has 0 spiro atoms. The molecule has 0 unspecified atom stereocenters. The molecule has 0 bridgehead atoms. The number of hydrogen-bond acceptors (Lipinski definition) is 3. The third-order valence-corrected chi connectivity index (χ3v) is 2.81. The molecule has 0 radical (unpaired) electrons. The fourth-order valence-corrected chi connectivity index (χ4v) is 1.42. The van der Waals surface area contributed by atoms with Crippen molar-refractivity contribution >= 4 is 0 Å². The van der Waals surface area contributed by atoms with Crippen LogP contribution < -0.4 is 5.32 Å². The molecule has 0 heterocycles. The zero-order valence-corrected chi connectivity index (χ0v) is 12.7. The van der Waals surface area contributed by atoms with Gasteiger partial charge in [0.25, 0.3) is 0 Å². The van der Waals surface area contributed by atoms with Gasteiger partial charge in [0.1, 0.15) is 0 Å². The zero-order valence-electron chi connectivity index (χ0n) is 12.7. The zero-order chi connectivity index (χ0) is 13.3. The Morgan fingerprint density at radius 2 is 1.76 bits per heavy atom. The first kappa shape index (κ1) is 16.9. The summed E-state index contributed by atoms with van der Waals surface area (Å²) >= 11 is 0. The van der Waals surface area contributed by atoms with Crippen LogP contribution in [0, 0.1) is 0 Å². The molecule has 0 aliphatic carbocycles. The molecule has 0 aliphatic rings. The van der Waals surface area contributed by atoms with Crippen molar-refractivity contribution in [1.29, 1.82) is 0 Å². The normalized spacial score (nSPS) is 12.7. The predicted octanol–water partition coefficient (Wildman–Crippen LogP) is 2.51. The highest BCUT2D eigenvalue weighted by atomic mass is 16.5. The van der Waals surface area contributed by atoms with Crippen molar-refractivity contribution in [3.05, 3.63) is 0 Å². The Balaban J connectivity index is 3.19. The second-order valence-electron chi connectivity index (χ2n) is 5.99. The average Bonchev–Trinajstić information content (AvgIpc) is 2.19. The Bertz CT molecular complexity index is 176. The van der Waals surface area contributed by atoms with E-state index in [1.54, 1.807) is 0 Å². The Morgan fingerprint density at radius 3 is 2.29 bits per heavy atom. The maximum Gasteiger partial charge on any atom is 0.0599 e. The molecule has 0 atom stereocenters. The fourth-order valence-electron chi connectivity index (χ4n) is 1.42. The minimum atomic E-state index is -0.0122. The van der Waals surface area contributed by atoms with Crippen LogP contribution in [0.2, 0.25) is 0 Å². The van der Waals surface area contributed by atoms with Gasteiger partial charge in [-0.1, -0.05) is 0 Å². The standard InChI is InChI=1S/C14H32N2O/c1-13(2)16(6)11-8-7-9-15-10-12-17-14(3,4)5/h13,15H,7-12H2,1-6H3. The van der Waals surface area contributed by atoms with Gasteiger partial charge in [-0.15, -0.1) is 0 Å². The molecule has 0 aromatic rings. The van der Waals surface area contributed by atoms with Gasteiger partial charge in [0.15, 0.2) is 0 Å². The summed E-state index contributed by atoms with van der Waals surface area (Å²) in [6, 6.07) is 0.656. The summed E-state index contributed by atoms with van der Waals surface area (Å²) in [4.78, 5) is 2.39. The SMILES string of the molecule is CC(C)N(C)CCCCNCCOC(C)(C)C. The highest BCUT2D eigenvalue weighted by Gasteiger charge is 2.08. The van der Waals surface area contributed by atoms with Gasteiger partial charge in [-0.05, 0) is 67.6 Å². The number of ether oxygens (including phenoxy) is 1. The largest absolute Gasteiger partial charge is 0.375 e. The van der Waals surface area contributed by atoms with Gasteiger partial charge < -0.3 is 15.0 Å². The van der Waals surface area contributed by atoms with E-state index in [0.717, 1.165) is 19.7 Å². The van der Waals surface area contributed by atoms with Crippen LogP contribution >= 0.6 is 0 Å². The molecule has 1 N–H and O–H groups in total. The summed E-state index contributed by atoms with van der Waals surface area (Å²) in [6.45, 7) is 14.8. The van der Waals surface area contributed by atoms with Gasteiger partial charge in [-0.2, -0.15) is 0 Å². The average molecular weight is 244 g/mol. The second kappa shape index (κ2) is 8.90. The number of hydrogen-bond donors (Lipinski definition) is 1. The van der Waals surface area contributed by atoms with Gasteiger partial charge >= 0.3 is 0 Å². The van der Waals surface area contributed by atoms with E-state index in [0.29, 0.717) is 6.04 Å². The maximum absolute atomic E-state index is 5.63. The van der Waals surface area contributed by atoms with E-state index in [4.69, 9.17) is 4.74 Å². The third kappa shape index (κ3) is 12.1. The summed E-state index contributed by atoms with van der Waals surface area (Å²) in [7, 11) is 2.19. The van der Waals surface area contributed by atoms with Crippen molar-refractivity contribution in [3.8, 4) is 0 Å². The lowest BCUT2D eigenvalue weighted by Gasteiger charge is -2.21. The monoisotopic (exact) mass is 244 g/mol. The molecule has 17 heavy (non-hydrogen) atoms. The van der Waals surface area contributed by atoms with Crippen molar-refractivity contribution in [1.82, 2.24) is 10.2 Å². The molecular formula is C14H32N2O. The topological polar surface area (TPSA) is 24.5 Å². The van der Waals surface area contributed by atoms with Crippen LogP contribution in [-0.2, 0) is 4.74 Å². The summed E-state index contributed by atoms with van der Waals surface area (Å²) < 4.78 is 5.63. The summed E-state index contributed by atoms with van der Waals surface area (Å²) in [5, 5.41) is 3.42. The van der Waals surface area contributed by atoms with Gasteiger partial charge in [0.2, 0.25) is 0 Å². The fraction of sp³-hybridized carbons (Fsp3) is 1.00. The summed E-state index contributed by atoms with van der Waals surface area (Å²) in [5.41, 5.74) is -0.0122. The van der Waals surface area contributed by atoms with E-state index < -0.39 is 0 Å². The molecule has 0 aromatic carbocycles. The van der Waals surface area contributed by atoms with Crippen molar-refractivity contribution in [2.24, 2.45) is 0 Å². The first-order valence-electron chi connectivity index (χ1n) is 6.88. The third-order valence-electron chi connectivity index (χ3n) is 2.81. The second-order valence-corrected chi connectivity index (χ2v) is 5.99. The molecular weight excluding hydrogens is 212 g/mol. The van der Waals surface area contributed by atoms with Crippen LogP contribution in [0.5, 0.6) is 0 Å². The summed E-state index contributed by atoms with van der Waals surface area (Å²) in [5.74, 6) is 0.